The molecule has 0 aromatic rings. The van der Waals surface area contributed by atoms with Gasteiger partial charge in [-0.3, -0.25) is 14.5 Å². The third-order valence-electron chi connectivity index (χ3n) is 8.88. The van der Waals surface area contributed by atoms with Crippen molar-refractivity contribution in [2.75, 3.05) is 27.9 Å². The highest BCUT2D eigenvalue weighted by Crippen LogP contribution is 2.43. The van der Waals surface area contributed by atoms with Crippen LogP contribution in [0.25, 0.3) is 0 Å². The largest absolute Gasteiger partial charge is 0.469 e. The van der Waals surface area contributed by atoms with Crippen molar-refractivity contribution < 1.29 is 61.8 Å². The highest BCUT2D eigenvalue weighted by atomic mass is 16.9. The monoisotopic (exact) mass is 670 g/mol. The van der Waals surface area contributed by atoms with Crippen LogP contribution in [0.5, 0.6) is 0 Å². The van der Waals surface area contributed by atoms with Crippen molar-refractivity contribution in [2.45, 2.75) is 140 Å². The van der Waals surface area contributed by atoms with E-state index in [1.165, 1.54) is 26.2 Å². The molecule has 0 aromatic carbocycles. The Bertz CT molecular complexity index is 1200. The van der Waals surface area contributed by atoms with Crippen LogP contribution in [0.1, 0.15) is 61.3 Å². The lowest BCUT2D eigenvalue weighted by Crippen LogP contribution is -2.58. The van der Waals surface area contributed by atoms with Gasteiger partial charge in [0.25, 0.3) is 0 Å². The molecule has 2 amide bonds. The predicted octanol–water partition coefficient (Wildman–Crippen LogP) is 2.00. The fourth-order valence-corrected chi connectivity index (χ4v) is 7.03. The first-order valence-corrected chi connectivity index (χ1v) is 16.1. The van der Waals surface area contributed by atoms with Gasteiger partial charge in [0.2, 0.25) is 5.91 Å². The van der Waals surface area contributed by atoms with Gasteiger partial charge in [0.15, 0.2) is 24.2 Å². The fraction of sp³-hybridized carbons (Fsp3) is 0.844. The summed E-state index contributed by atoms with van der Waals surface area (Å²) in [4.78, 5) is 42.6. The summed E-state index contributed by atoms with van der Waals surface area (Å²) in [5, 5.41) is 3.03. The molecule has 1 N–H and O–H groups in total. The average Bonchev–Trinajstić information content (AvgIpc) is 3.64. The van der Waals surface area contributed by atoms with E-state index in [1.807, 2.05) is 0 Å². The van der Waals surface area contributed by atoms with E-state index in [2.05, 4.69) is 5.32 Å². The number of esters is 1. The first-order chi connectivity index (χ1) is 22.0. The SMILES string of the molecule is COC(=O)[C@H]1C/C=C/CN(C(=O)OC(C)(C)C)[C@H]([C@@H]2O[C@@H]3OC(C)(C)O[C@@H]3[C@H]2OC)CC(=O)N[C@@H]1[C@@H]1O[C@@H]2OC(C)(C)O[C@@H]2[C@H]1OC. The first-order valence-electron chi connectivity index (χ1n) is 16.1. The van der Waals surface area contributed by atoms with E-state index in [9.17, 15) is 14.4 Å². The van der Waals surface area contributed by atoms with E-state index in [-0.39, 0.29) is 19.4 Å². The summed E-state index contributed by atoms with van der Waals surface area (Å²) in [5.74, 6) is -3.73. The average molecular weight is 671 g/mol. The van der Waals surface area contributed by atoms with Crippen LogP contribution < -0.4 is 5.32 Å². The van der Waals surface area contributed by atoms with Crippen molar-refractivity contribution in [2.24, 2.45) is 5.92 Å². The van der Waals surface area contributed by atoms with Crippen molar-refractivity contribution in [1.82, 2.24) is 10.2 Å². The van der Waals surface area contributed by atoms with Gasteiger partial charge in [-0.15, -0.1) is 0 Å². The van der Waals surface area contributed by atoms with E-state index in [0.717, 1.165) is 0 Å². The topological polar surface area (TPSA) is 159 Å². The molecule has 0 aliphatic carbocycles. The Labute approximate surface area is 275 Å². The number of methoxy groups -OCH3 is 3. The summed E-state index contributed by atoms with van der Waals surface area (Å²) in [6.07, 6.45) is -3.05. The molecular formula is C32H50N2O13. The quantitative estimate of drug-likeness (QED) is 0.335. The van der Waals surface area contributed by atoms with Gasteiger partial charge in [0, 0.05) is 27.2 Å². The molecule has 0 radical (unpaired) electrons. The minimum absolute atomic E-state index is 0.0474. The molecule has 5 aliphatic heterocycles. The van der Waals surface area contributed by atoms with Gasteiger partial charge in [-0.05, 0) is 54.9 Å². The lowest BCUT2D eigenvalue weighted by atomic mass is 9.88. The summed E-state index contributed by atoms with van der Waals surface area (Å²) in [6.45, 7) is 12.4. The maximum Gasteiger partial charge on any atom is 0.410 e. The summed E-state index contributed by atoms with van der Waals surface area (Å²) >= 11 is 0. The van der Waals surface area contributed by atoms with Crippen LogP contribution in [0.3, 0.4) is 0 Å². The number of carbonyl (C=O) groups excluding carboxylic acids is 3. The zero-order chi connectivity index (χ0) is 34.5. The number of allylic oxidation sites excluding steroid dienone is 1. The van der Waals surface area contributed by atoms with Crippen LogP contribution in [0, 0.1) is 5.92 Å². The summed E-state index contributed by atoms with van der Waals surface area (Å²) in [6, 6.07) is -1.82. The maximum atomic E-state index is 14.2. The molecule has 0 aromatic heterocycles. The zero-order valence-corrected chi connectivity index (χ0v) is 28.9. The molecule has 15 nitrogen and oxygen atoms in total. The second kappa shape index (κ2) is 13.5. The molecule has 11 atom stereocenters. The van der Waals surface area contributed by atoms with Crippen LogP contribution in [0.15, 0.2) is 12.2 Å². The Morgan fingerprint density at radius 2 is 1.40 bits per heavy atom. The van der Waals surface area contributed by atoms with Crippen LogP contribution in [0.4, 0.5) is 4.79 Å². The third kappa shape index (κ3) is 7.62. The van der Waals surface area contributed by atoms with Crippen LogP contribution in [-0.4, -0.2) is 129 Å². The Balaban J connectivity index is 1.49. The zero-order valence-electron chi connectivity index (χ0n) is 28.9. The van der Waals surface area contributed by atoms with Crippen molar-refractivity contribution >= 4 is 18.0 Å². The van der Waals surface area contributed by atoms with Crippen LogP contribution in [0.2, 0.25) is 0 Å². The van der Waals surface area contributed by atoms with Crippen molar-refractivity contribution in [3.63, 3.8) is 0 Å². The van der Waals surface area contributed by atoms with Crippen LogP contribution >= 0.6 is 0 Å². The standard InChI is InChI=1S/C32H50N2O13/c1-30(2,3)47-29(37)34-14-12-11-13-16(26(36)40-10)19(21-23(39-9)25-28(42-21)46-32(6,7)44-25)33-18(35)15-17(34)20-22(38-8)24-27(41-20)45-31(4,5)43-24/h11-12,16-17,19-25,27-28H,13-15H2,1-10H3,(H,33,35)/b12-11+/t16-,17-,19-,20-,21-,22-,23-,24+,25+,27+,28+/m0/s1. The predicted molar refractivity (Wildman–Crippen MR) is 162 cm³/mol. The Morgan fingerprint density at radius 3 is 1.94 bits per heavy atom. The fourth-order valence-electron chi connectivity index (χ4n) is 7.03. The van der Waals surface area contributed by atoms with Gasteiger partial charge in [0.1, 0.15) is 42.2 Å². The van der Waals surface area contributed by atoms with E-state index < -0.39 is 102 Å². The number of nitrogens with zero attached hydrogens (tertiary/aromatic N) is 1. The summed E-state index contributed by atoms with van der Waals surface area (Å²) < 4.78 is 59.5. The molecule has 15 heteroatoms. The molecular weight excluding hydrogens is 620 g/mol. The molecule has 0 bridgehead atoms. The van der Waals surface area contributed by atoms with E-state index in [1.54, 1.807) is 60.6 Å². The molecule has 266 valence electrons. The molecule has 0 spiro atoms. The Hall–Kier alpha value is -2.37. The second-order valence-corrected chi connectivity index (χ2v) is 14.4. The number of hydrogen-bond donors (Lipinski definition) is 1. The third-order valence-corrected chi connectivity index (χ3v) is 8.88. The molecule has 5 rings (SSSR count). The number of ether oxygens (including phenoxy) is 10. The highest BCUT2D eigenvalue weighted by Gasteiger charge is 2.60. The highest BCUT2D eigenvalue weighted by molar-refractivity contribution is 5.80. The lowest BCUT2D eigenvalue weighted by molar-refractivity contribution is -0.223. The number of rotatable bonds is 5. The van der Waals surface area contributed by atoms with E-state index >= 15 is 0 Å². The van der Waals surface area contributed by atoms with Gasteiger partial charge >= 0.3 is 12.1 Å². The summed E-state index contributed by atoms with van der Waals surface area (Å²) in [7, 11) is 4.31. The minimum Gasteiger partial charge on any atom is -0.469 e. The van der Waals surface area contributed by atoms with E-state index in [0.29, 0.717) is 0 Å². The smallest absolute Gasteiger partial charge is 0.410 e. The molecule has 47 heavy (non-hydrogen) atoms. The number of nitrogens with one attached hydrogen (secondary N) is 1. The van der Waals surface area contributed by atoms with Crippen molar-refractivity contribution in [3.05, 3.63) is 12.2 Å². The van der Waals surface area contributed by atoms with Gasteiger partial charge < -0.3 is 52.7 Å². The first kappa shape index (κ1) is 35.9. The van der Waals surface area contributed by atoms with Gasteiger partial charge in [-0.1, -0.05) is 12.2 Å². The second-order valence-electron chi connectivity index (χ2n) is 14.4. The maximum absolute atomic E-state index is 14.2. The Morgan fingerprint density at radius 1 is 0.851 bits per heavy atom. The molecule has 5 aliphatic rings. The minimum atomic E-state index is -0.922. The number of carbonyl (C=O) groups is 3. The van der Waals surface area contributed by atoms with Crippen LogP contribution in [-0.2, 0) is 57.0 Å². The van der Waals surface area contributed by atoms with Gasteiger partial charge in [0.05, 0.1) is 25.1 Å². The van der Waals surface area contributed by atoms with Crippen molar-refractivity contribution in [3.8, 4) is 0 Å². The number of fused-ring (bicyclic) bond motifs is 2. The molecule has 4 fully saturated rings. The van der Waals surface area contributed by atoms with E-state index in [4.69, 9.17) is 47.4 Å². The molecule has 4 saturated heterocycles. The lowest BCUT2D eigenvalue weighted by Gasteiger charge is -2.38. The molecule has 5 heterocycles. The normalized spacial score (nSPS) is 40.6. The number of amides is 2. The van der Waals surface area contributed by atoms with Crippen molar-refractivity contribution in [1.29, 1.82) is 0 Å². The molecule has 0 unspecified atom stereocenters. The molecule has 0 saturated carbocycles. The van der Waals surface area contributed by atoms with Gasteiger partial charge in [-0.2, -0.15) is 0 Å². The Kier molecular flexibility index (Phi) is 10.3. The summed E-state index contributed by atoms with van der Waals surface area (Å²) in [5.41, 5.74) is -0.823. The number of hydrogen-bond acceptors (Lipinski definition) is 13. The van der Waals surface area contributed by atoms with Gasteiger partial charge in [-0.25, -0.2) is 4.79 Å².